The van der Waals surface area contributed by atoms with E-state index in [0.717, 1.165) is 4.70 Å². The molecular weight excluding hydrogens is 193 g/mol. The van der Waals surface area contributed by atoms with Gasteiger partial charge in [0.05, 0.1) is 4.92 Å². The highest BCUT2D eigenvalue weighted by Crippen LogP contribution is 2.27. The first kappa shape index (κ1) is 8.12. The van der Waals surface area contributed by atoms with Crippen molar-refractivity contribution in [3.63, 3.8) is 0 Å². The summed E-state index contributed by atoms with van der Waals surface area (Å²) in [6, 6.07) is 4.17. The van der Waals surface area contributed by atoms with Gasteiger partial charge in [-0.1, -0.05) is 0 Å². The summed E-state index contributed by atoms with van der Waals surface area (Å²) >= 11 is 1.36. The second-order valence-electron chi connectivity index (χ2n) is 2.52. The number of hydrogen-bond acceptors (Lipinski definition) is 3. The van der Waals surface area contributed by atoms with Gasteiger partial charge in [0.1, 0.15) is 0 Å². The van der Waals surface area contributed by atoms with Crippen LogP contribution < -0.4 is 0 Å². The Morgan fingerprint density at radius 2 is 2.23 bits per heavy atom. The van der Waals surface area contributed by atoms with E-state index in [-0.39, 0.29) is 0 Å². The number of nitrogens with zero attached hydrogens (tertiary/aromatic N) is 1. The Balaban J connectivity index is 2.76. The summed E-state index contributed by atoms with van der Waals surface area (Å²) in [5.41, 5.74) is -0.467. The second-order valence-corrected chi connectivity index (χ2v) is 3.47. The Bertz CT molecular complexity index is 480. The molecule has 1 heterocycles. The smallest absolute Gasteiger partial charge is 0.258 e. The fourth-order valence-electron chi connectivity index (χ4n) is 1.11. The zero-order valence-corrected chi connectivity index (χ0v) is 7.18. The third kappa shape index (κ3) is 1.27. The zero-order valence-electron chi connectivity index (χ0n) is 6.36. The van der Waals surface area contributed by atoms with Gasteiger partial charge in [0.25, 0.3) is 0 Å². The van der Waals surface area contributed by atoms with Crippen LogP contribution in [0.15, 0.2) is 23.6 Å². The molecular formula is C8H4FNO2S. The fraction of sp³-hybridized carbons (Fsp3) is 0. The summed E-state index contributed by atoms with van der Waals surface area (Å²) < 4.78 is 13.7. The zero-order chi connectivity index (χ0) is 9.42. The number of fused-ring (bicyclic) bond motifs is 1. The quantitative estimate of drug-likeness (QED) is 0.521. The molecule has 0 aliphatic carbocycles. The molecule has 0 spiro atoms. The van der Waals surface area contributed by atoms with Gasteiger partial charge in [-0.3, -0.25) is 10.1 Å². The molecule has 2 aromatic rings. The summed E-state index contributed by atoms with van der Waals surface area (Å²) in [5.74, 6) is -0.778. The summed E-state index contributed by atoms with van der Waals surface area (Å²) in [7, 11) is 0. The lowest BCUT2D eigenvalue weighted by atomic mass is 10.2. The molecule has 0 unspecified atom stereocenters. The molecule has 0 saturated carbocycles. The Morgan fingerprint density at radius 1 is 1.46 bits per heavy atom. The van der Waals surface area contributed by atoms with E-state index in [1.54, 1.807) is 11.4 Å². The number of benzene rings is 1. The molecule has 0 aliphatic heterocycles. The van der Waals surface area contributed by atoms with Crippen LogP contribution in [-0.2, 0) is 0 Å². The van der Waals surface area contributed by atoms with Crippen molar-refractivity contribution < 1.29 is 9.31 Å². The molecule has 0 bridgehead atoms. The first-order valence-electron chi connectivity index (χ1n) is 3.49. The average molecular weight is 197 g/mol. The van der Waals surface area contributed by atoms with E-state index in [9.17, 15) is 14.5 Å². The summed E-state index contributed by atoms with van der Waals surface area (Å²) in [6.07, 6.45) is 0. The lowest BCUT2D eigenvalue weighted by Gasteiger charge is -1.93. The number of thiophene rings is 1. The molecule has 66 valence electrons. The first-order valence-corrected chi connectivity index (χ1v) is 4.37. The van der Waals surface area contributed by atoms with Gasteiger partial charge in [-0.25, -0.2) is 0 Å². The predicted molar refractivity (Wildman–Crippen MR) is 48.4 cm³/mol. The maximum atomic E-state index is 13.0. The molecule has 0 aliphatic rings. The Morgan fingerprint density at radius 3 is 2.92 bits per heavy atom. The SMILES string of the molecule is O=[N+]([O-])c1cc2ccsc2cc1F. The highest BCUT2D eigenvalue weighted by molar-refractivity contribution is 7.17. The van der Waals surface area contributed by atoms with Crippen molar-refractivity contribution in [2.45, 2.75) is 0 Å². The largest absolute Gasteiger partial charge is 0.305 e. The molecule has 2 rings (SSSR count). The van der Waals surface area contributed by atoms with Crippen molar-refractivity contribution in [1.29, 1.82) is 0 Å². The molecule has 0 fully saturated rings. The van der Waals surface area contributed by atoms with Gasteiger partial charge in [-0.2, -0.15) is 4.39 Å². The maximum absolute atomic E-state index is 13.0. The van der Waals surface area contributed by atoms with Gasteiger partial charge in [0, 0.05) is 10.8 Å². The van der Waals surface area contributed by atoms with Crippen LogP contribution in [0.2, 0.25) is 0 Å². The average Bonchev–Trinajstić information content (AvgIpc) is 2.48. The van der Waals surface area contributed by atoms with Crippen molar-refractivity contribution >= 4 is 27.1 Å². The van der Waals surface area contributed by atoms with Crippen LogP contribution in [0, 0.1) is 15.9 Å². The lowest BCUT2D eigenvalue weighted by Crippen LogP contribution is -1.91. The van der Waals surface area contributed by atoms with Crippen LogP contribution in [-0.4, -0.2) is 4.92 Å². The number of hydrogen-bond donors (Lipinski definition) is 0. The molecule has 5 heteroatoms. The third-order valence-electron chi connectivity index (χ3n) is 1.72. The maximum Gasteiger partial charge on any atom is 0.305 e. The second kappa shape index (κ2) is 2.77. The van der Waals surface area contributed by atoms with E-state index < -0.39 is 16.4 Å². The standard InChI is InChI=1S/C8H4FNO2S/c9-6-4-8-5(1-2-13-8)3-7(6)10(11)12/h1-4H. The number of nitro groups is 1. The topological polar surface area (TPSA) is 43.1 Å². The van der Waals surface area contributed by atoms with E-state index in [2.05, 4.69) is 0 Å². The minimum atomic E-state index is -0.778. The normalized spacial score (nSPS) is 10.5. The Kier molecular flexibility index (Phi) is 1.73. The minimum Gasteiger partial charge on any atom is -0.258 e. The van der Waals surface area contributed by atoms with Crippen LogP contribution in [0.5, 0.6) is 0 Å². The van der Waals surface area contributed by atoms with E-state index in [0.29, 0.717) is 5.39 Å². The Labute approximate surface area is 76.6 Å². The fourth-order valence-corrected chi connectivity index (χ4v) is 1.91. The molecule has 0 N–H and O–H groups in total. The van der Waals surface area contributed by atoms with Gasteiger partial charge in [-0.05, 0) is 22.9 Å². The van der Waals surface area contributed by atoms with Crippen LogP contribution in [0.25, 0.3) is 10.1 Å². The molecule has 0 amide bonds. The summed E-state index contributed by atoms with van der Waals surface area (Å²) in [4.78, 5) is 9.64. The van der Waals surface area contributed by atoms with Crippen LogP contribution in [0.1, 0.15) is 0 Å². The van der Waals surface area contributed by atoms with E-state index >= 15 is 0 Å². The van der Waals surface area contributed by atoms with Crippen LogP contribution in [0.3, 0.4) is 0 Å². The molecule has 1 aromatic carbocycles. The van der Waals surface area contributed by atoms with Crippen LogP contribution in [0.4, 0.5) is 10.1 Å². The molecule has 13 heavy (non-hydrogen) atoms. The van der Waals surface area contributed by atoms with Gasteiger partial charge in [0.2, 0.25) is 5.82 Å². The number of nitro benzene ring substituents is 1. The molecule has 0 saturated heterocycles. The number of rotatable bonds is 1. The van der Waals surface area contributed by atoms with E-state index in [1.165, 1.54) is 23.5 Å². The van der Waals surface area contributed by atoms with E-state index in [1.807, 2.05) is 0 Å². The summed E-state index contributed by atoms with van der Waals surface area (Å²) in [6.45, 7) is 0. The predicted octanol–water partition coefficient (Wildman–Crippen LogP) is 2.95. The minimum absolute atomic E-state index is 0.467. The van der Waals surface area contributed by atoms with Crippen molar-refractivity contribution in [2.75, 3.05) is 0 Å². The van der Waals surface area contributed by atoms with Crippen molar-refractivity contribution in [3.05, 3.63) is 39.5 Å². The molecule has 0 radical (unpaired) electrons. The lowest BCUT2D eigenvalue weighted by molar-refractivity contribution is -0.387. The molecule has 3 nitrogen and oxygen atoms in total. The highest BCUT2D eigenvalue weighted by Gasteiger charge is 2.14. The Hall–Kier alpha value is -1.49. The number of halogens is 1. The molecule has 0 atom stereocenters. The van der Waals surface area contributed by atoms with Gasteiger partial charge < -0.3 is 0 Å². The summed E-state index contributed by atoms with van der Waals surface area (Å²) in [5, 5.41) is 12.8. The van der Waals surface area contributed by atoms with Crippen molar-refractivity contribution in [3.8, 4) is 0 Å². The highest BCUT2D eigenvalue weighted by atomic mass is 32.1. The molecule has 1 aromatic heterocycles. The van der Waals surface area contributed by atoms with Crippen molar-refractivity contribution in [1.82, 2.24) is 0 Å². The first-order chi connectivity index (χ1) is 6.18. The van der Waals surface area contributed by atoms with Gasteiger partial charge in [0.15, 0.2) is 0 Å². The third-order valence-corrected chi connectivity index (χ3v) is 2.60. The monoisotopic (exact) mass is 197 g/mol. The van der Waals surface area contributed by atoms with Gasteiger partial charge >= 0.3 is 5.69 Å². The van der Waals surface area contributed by atoms with Gasteiger partial charge in [-0.15, -0.1) is 11.3 Å². The van der Waals surface area contributed by atoms with E-state index in [4.69, 9.17) is 0 Å². The van der Waals surface area contributed by atoms with Crippen LogP contribution >= 0.6 is 11.3 Å². The van der Waals surface area contributed by atoms with Crippen molar-refractivity contribution in [2.24, 2.45) is 0 Å².